The van der Waals surface area contributed by atoms with Gasteiger partial charge in [-0.2, -0.15) is 0 Å². The standard InChI is InChI=1S/C17H33N5O.HI/c1-3-18-17(20-15-13-14-5-6-16(15)23-14)19-7-8-22-11-9-21(4-2)10-12-22;/h14-16H,3-13H2,1-2H3,(H2,18,19,20);1H. The molecule has 3 saturated heterocycles. The first-order chi connectivity index (χ1) is 11.3. The fraction of sp³-hybridized carbons (Fsp3) is 0.941. The maximum Gasteiger partial charge on any atom is 0.191 e. The van der Waals surface area contributed by atoms with Crippen LogP contribution < -0.4 is 10.6 Å². The normalized spacial score (nSPS) is 31.1. The number of likely N-dealkylation sites (N-methyl/N-ethyl adjacent to an activating group) is 1. The first kappa shape index (κ1) is 20.2. The molecule has 6 nitrogen and oxygen atoms in total. The van der Waals surface area contributed by atoms with Crippen molar-refractivity contribution < 1.29 is 4.74 Å². The molecular weight excluding hydrogens is 417 g/mol. The van der Waals surface area contributed by atoms with Crippen LogP contribution in [0.3, 0.4) is 0 Å². The molecule has 0 aromatic rings. The Balaban J connectivity index is 0.00000208. The minimum atomic E-state index is 0. The van der Waals surface area contributed by atoms with Crippen molar-refractivity contribution >= 4 is 29.9 Å². The minimum Gasteiger partial charge on any atom is -0.373 e. The highest BCUT2D eigenvalue weighted by Gasteiger charge is 2.41. The molecular formula is C17H34IN5O. The molecule has 0 amide bonds. The summed E-state index contributed by atoms with van der Waals surface area (Å²) in [6.07, 6.45) is 4.44. The Bertz CT molecular complexity index is 400. The van der Waals surface area contributed by atoms with Gasteiger partial charge in [-0.25, -0.2) is 0 Å². The lowest BCUT2D eigenvalue weighted by Crippen LogP contribution is -2.48. The fourth-order valence-electron chi connectivity index (χ4n) is 3.92. The zero-order valence-corrected chi connectivity index (χ0v) is 17.5. The molecule has 3 atom stereocenters. The van der Waals surface area contributed by atoms with Crippen molar-refractivity contribution in [3.05, 3.63) is 0 Å². The zero-order valence-electron chi connectivity index (χ0n) is 15.2. The third kappa shape index (κ3) is 5.44. The van der Waals surface area contributed by atoms with Gasteiger partial charge in [-0.1, -0.05) is 6.92 Å². The van der Waals surface area contributed by atoms with Crippen LogP contribution in [0, 0.1) is 0 Å². The summed E-state index contributed by atoms with van der Waals surface area (Å²) in [6, 6.07) is 0.444. The molecule has 3 fully saturated rings. The Morgan fingerprint density at radius 1 is 1.12 bits per heavy atom. The van der Waals surface area contributed by atoms with Crippen LogP contribution >= 0.6 is 24.0 Å². The number of nitrogens with one attached hydrogen (secondary N) is 2. The van der Waals surface area contributed by atoms with E-state index in [9.17, 15) is 0 Å². The Morgan fingerprint density at radius 2 is 1.88 bits per heavy atom. The molecule has 24 heavy (non-hydrogen) atoms. The van der Waals surface area contributed by atoms with Crippen LogP contribution in [0.2, 0.25) is 0 Å². The van der Waals surface area contributed by atoms with Crippen LogP contribution in [0.25, 0.3) is 0 Å². The number of hydrogen-bond acceptors (Lipinski definition) is 4. The highest BCUT2D eigenvalue weighted by Crippen LogP contribution is 2.34. The number of nitrogens with zero attached hydrogens (tertiary/aromatic N) is 3. The molecule has 2 bridgehead atoms. The summed E-state index contributed by atoms with van der Waals surface area (Å²) in [7, 11) is 0. The van der Waals surface area contributed by atoms with Gasteiger partial charge in [0.2, 0.25) is 0 Å². The van der Waals surface area contributed by atoms with Gasteiger partial charge in [0, 0.05) is 39.3 Å². The number of halogens is 1. The lowest BCUT2D eigenvalue weighted by atomic mass is 9.96. The van der Waals surface area contributed by atoms with Crippen LogP contribution in [-0.4, -0.2) is 86.4 Å². The first-order valence-electron chi connectivity index (χ1n) is 9.43. The largest absolute Gasteiger partial charge is 0.373 e. The average Bonchev–Trinajstić information content (AvgIpc) is 3.18. The number of aliphatic imine (C=N–C) groups is 1. The monoisotopic (exact) mass is 451 g/mol. The van der Waals surface area contributed by atoms with Crippen LogP contribution in [0.5, 0.6) is 0 Å². The lowest BCUT2D eigenvalue weighted by Gasteiger charge is -2.33. The SMILES string of the molecule is CCNC(=NCCN1CCN(CC)CC1)NC1CC2CCC1O2.I. The number of ether oxygens (including phenoxy) is 1. The Kier molecular flexibility index (Phi) is 8.53. The molecule has 0 aromatic carbocycles. The van der Waals surface area contributed by atoms with Gasteiger partial charge in [-0.3, -0.25) is 9.89 Å². The Hall–Kier alpha value is -0.120. The first-order valence-corrected chi connectivity index (χ1v) is 9.43. The van der Waals surface area contributed by atoms with Crippen LogP contribution in [0.1, 0.15) is 33.1 Å². The van der Waals surface area contributed by atoms with Gasteiger partial charge >= 0.3 is 0 Å². The molecule has 0 spiro atoms. The summed E-state index contributed by atoms with van der Waals surface area (Å²) in [5.41, 5.74) is 0. The van der Waals surface area contributed by atoms with Crippen molar-refractivity contribution in [2.24, 2.45) is 4.99 Å². The van der Waals surface area contributed by atoms with Crippen molar-refractivity contribution in [3.8, 4) is 0 Å². The van der Waals surface area contributed by atoms with E-state index in [1.165, 1.54) is 45.6 Å². The molecule has 3 aliphatic rings. The molecule has 0 radical (unpaired) electrons. The smallest absolute Gasteiger partial charge is 0.191 e. The van der Waals surface area contributed by atoms with E-state index in [2.05, 4.69) is 34.3 Å². The maximum atomic E-state index is 5.93. The molecule has 3 rings (SSSR count). The number of guanidine groups is 1. The molecule has 3 unspecified atom stereocenters. The van der Waals surface area contributed by atoms with Gasteiger partial charge in [-0.15, -0.1) is 24.0 Å². The third-order valence-electron chi connectivity index (χ3n) is 5.37. The number of piperazine rings is 1. The van der Waals surface area contributed by atoms with E-state index in [1.54, 1.807) is 0 Å². The summed E-state index contributed by atoms with van der Waals surface area (Å²) in [5.74, 6) is 0.959. The van der Waals surface area contributed by atoms with E-state index in [4.69, 9.17) is 9.73 Å². The molecule has 0 saturated carbocycles. The van der Waals surface area contributed by atoms with Crippen LogP contribution in [0.4, 0.5) is 0 Å². The van der Waals surface area contributed by atoms with Crippen LogP contribution in [0.15, 0.2) is 4.99 Å². The Labute approximate surface area is 163 Å². The van der Waals surface area contributed by atoms with Crippen molar-refractivity contribution in [2.45, 2.75) is 51.4 Å². The fourth-order valence-corrected chi connectivity index (χ4v) is 3.92. The molecule has 0 aromatic heterocycles. The summed E-state index contributed by atoms with van der Waals surface area (Å²) < 4.78 is 5.93. The third-order valence-corrected chi connectivity index (χ3v) is 5.37. The summed E-state index contributed by atoms with van der Waals surface area (Å²) in [4.78, 5) is 9.82. The minimum absolute atomic E-state index is 0. The quantitative estimate of drug-likeness (QED) is 0.360. The van der Waals surface area contributed by atoms with Crippen LogP contribution in [-0.2, 0) is 4.74 Å². The van der Waals surface area contributed by atoms with E-state index in [-0.39, 0.29) is 24.0 Å². The predicted molar refractivity (Wildman–Crippen MR) is 109 cm³/mol. The molecule has 3 aliphatic heterocycles. The Morgan fingerprint density at radius 3 is 2.46 bits per heavy atom. The highest BCUT2D eigenvalue weighted by atomic mass is 127. The number of hydrogen-bond donors (Lipinski definition) is 2. The molecule has 7 heteroatoms. The van der Waals surface area contributed by atoms with Crippen molar-refractivity contribution in [3.63, 3.8) is 0 Å². The van der Waals surface area contributed by atoms with Crippen molar-refractivity contribution in [1.29, 1.82) is 0 Å². The lowest BCUT2D eigenvalue weighted by molar-refractivity contribution is 0.0992. The van der Waals surface area contributed by atoms with E-state index >= 15 is 0 Å². The number of rotatable bonds is 6. The van der Waals surface area contributed by atoms with Gasteiger partial charge in [0.05, 0.1) is 24.8 Å². The van der Waals surface area contributed by atoms with E-state index < -0.39 is 0 Å². The van der Waals surface area contributed by atoms with Crippen molar-refractivity contribution in [2.75, 3.05) is 52.4 Å². The second kappa shape index (κ2) is 10.1. The molecule has 3 heterocycles. The zero-order chi connectivity index (χ0) is 16.1. The molecule has 2 N–H and O–H groups in total. The number of fused-ring (bicyclic) bond motifs is 2. The average molecular weight is 451 g/mol. The second-order valence-electron chi connectivity index (χ2n) is 6.90. The van der Waals surface area contributed by atoms with Crippen molar-refractivity contribution in [1.82, 2.24) is 20.4 Å². The van der Waals surface area contributed by atoms with E-state index in [0.717, 1.165) is 32.0 Å². The summed E-state index contributed by atoms with van der Waals surface area (Å²) in [6.45, 7) is 13.1. The second-order valence-corrected chi connectivity index (χ2v) is 6.90. The van der Waals surface area contributed by atoms with E-state index in [1.807, 2.05) is 0 Å². The predicted octanol–water partition coefficient (Wildman–Crippen LogP) is 1.12. The highest BCUT2D eigenvalue weighted by molar-refractivity contribution is 14.0. The maximum absolute atomic E-state index is 5.93. The van der Waals surface area contributed by atoms with Gasteiger partial charge in [0.1, 0.15) is 0 Å². The van der Waals surface area contributed by atoms with Gasteiger partial charge in [0.15, 0.2) is 5.96 Å². The van der Waals surface area contributed by atoms with Gasteiger partial charge in [-0.05, 0) is 32.7 Å². The van der Waals surface area contributed by atoms with Gasteiger partial charge < -0.3 is 20.3 Å². The molecule has 140 valence electrons. The van der Waals surface area contributed by atoms with E-state index in [0.29, 0.717) is 18.2 Å². The van der Waals surface area contributed by atoms with Gasteiger partial charge in [0.25, 0.3) is 0 Å². The molecule has 0 aliphatic carbocycles. The summed E-state index contributed by atoms with van der Waals surface area (Å²) >= 11 is 0. The summed E-state index contributed by atoms with van der Waals surface area (Å²) in [5, 5.41) is 6.97. The topological polar surface area (TPSA) is 52.1 Å².